The first-order valence-electron chi connectivity index (χ1n) is 12.1. The predicted octanol–water partition coefficient (Wildman–Crippen LogP) is 6.92. The molecule has 0 bridgehead atoms. The standard InChI is InChI=1S/C28H25ClF5N5OS/c1-3-41(40)22-6-4-5-18(13-22)19-7-12-23(38-16-25(28(32,33)34)37-17(38)2)24(14-19)39(36)26(15-35)27(30,31)20-8-10-21(29)11-9-20/h4-16H,3,35-36H2,1-2H3/b26-15-. The lowest BCUT2D eigenvalue weighted by molar-refractivity contribution is -0.141. The number of hydrogen-bond donors (Lipinski definition) is 2. The molecule has 1 heterocycles. The second-order valence-corrected chi connectivity index (χ2v) is 11.1. The Balaban J connectivity index is 1.91. The van der Waals surface area contributed by atoms with Crippen LogP contribution in [0.25, 0.3) is 16.8 Å². The summed E-state index contributed by atoms with van der Waals surface area (Å²) in [5.41, 5.74) is 4.22. The summed E-state index contributed by atoms with van der Waals surface area (Å²) in [6, 6.07) is 16.1. The van der Waals surface area contributed by atoms with Gasteiger partial charge in [-0.2, -0.15) is 22.0 Å². The maximum atomic E-state index is 15.8. The van der Waals surface area contributed by atoms with Gasteiger partial charge in [-0.15, -0.1) is 0 Å². The fourth-order valence-corrected chi connectivity index (χ4v) is 5.16. The Morgan fingerprint density at radius 3 is 2.29 bits per heavy atom. The second-order valence-electron chi connectivity index (χ2n) is 8.91. The minimum absolute atomic E-state index is 0.0382. The van der Waals surface area contributed by atoms with Crippen LogP contribution in [0.4, 0.5) is 27.6 Å². The van der Waals surface area contributed by atoms with Crippen LogP contribution in [0.3, 0.4) is 0 Å². The van der Waals surface area contributed by atoms with Crippen molar-refractivity contribution in [3.8, 4) is 16.8 Å². The van der Waals surface area contributed by atoms with Crippen LogP contribution < -0.4 is 16.6 Å². The summed E-state index contributed by atoms with van der Waals surface area (Å²) in [5.74, 6) is 2.92. The van der Waals surface area contributed by atoms with Gasteiger partial charge >= 0.3 is 12.1 Å². The summed E-state index contributed by atoms with van der Waals surface area (Å²) in [6.07, 6.45) is -3.34. The van der Waals surface area contributed by atoms with Crippen molar-refractivity contribution >= 4 is 28.1 Å². The predicted molar refractivity (Wildman–Crippen MR) is 150 cm³/mol. The number of anilines is 1. The fourth-order valence-electron chi connectivity index (χ4n) is 4.21. The van der Waals surface area contributed by atoms with E-state index in [1.165, 1.54) is 31.2 Å². The average molecular weight is 610 g/mol. The van der Waals surface area contributed by atoms with Crippen molar-refractivity contribution < 1.29 is 26.2 Å². The minimum atomic E-state index is -4.74. The maximum Gasteiger partial charge on any atom is 0.434 e. The number of aryl methyl sites for hydroxylation is 1. The first kappa shape index (κ1) is 30.2. The van der Waals surface area contributed by atoms with Crippen LogP contribution in [0.15, 0.2) is 89.7 Å². The molecule has 0 amide bonds. The molecule has 4 aromatic rings. The largest absolute Gasteiger partial charge is 0.434 e. The second kappa shape index (κ2) is 11.6. The Labute approximate surface area is 240 Å². The maximum absolute atomic E-state index is 15.8. The smallest absolute Gasteiger partial charge is 0.403 e. The summed E-state index contributed by atoms with van der Waals surface area (Å²) < 4.78 is 85.4. The highest BCUT2D eigenvalue weighted by Crippen LogP contribution is 2.41. The number of aromatic nitrogens is 2. The molecule has 0 saturated heterocycles. The first-order chi connectivity index (χ1) is 19.3. The Bertz CT molecular complexity index is 1620. The van der Waals surface area contributed by atoms with Crippen LogP contribution in [0.1, 0.15) is 24.0 Å². The van der Waals surface area contributed by atoms with E-state index in [2.05, 4.69) is 4.98 Å². The summed E-state index contributed by atoms with van der Waals surface area (Å²) in [6.45, 7) is 3.12. The molecule has 0 spiro atoms. The SMILES string of the molecule is CCS(=O)c1cccc(-c2ccc(-n3cc(C(F)(F)F)nc3C)c(N(N)/C(=C\N)C(F)(F)c3ccc(Cl)cc3)c2)c1. The highest BCUT2D eigenvalue weighted by Gasteiger charge is 2.41. The van der Waals surface area contributed by atoms with Gasteiger partial charge in [0.15, 0.2) is 5.69 Å². The number of nitrogens with zero attached hydrogens (tertiary/aromatic N) is 3. The van der Waals surface area contributed by atoms with Crippen LogP contribution in [-0.2, 0) is 22.9 Å². The summed E-state index contributed by atoms with van der Waals surface area (Å²) in [7, 11) is -1.26. The van der Waals surface area contributed by atoms with Crippen molar-refractivity contribution in [2.24, 2.45) is 11.6 Å². The van der Waals surface area contributed by atoms with E-state index in [-0.39, 0.29) is 22.2 Å². The van der Waals surface area contributed by atoms with Gasteiger partial charge in [-0.25, -0.2) is 10.8 Å². The van der Waals surface area contributed by atoms with Crippen LogP contribution in [0.5, 0.6) is 0 Å². The van der Waals surface area contributed by atoms with Crippen LogP contribution in [-0.4, -0.2) is 19.5 Å². The van der Waals surface area contributed by atoms with Crippen LogP contribution >= 0.6 is 11.6 Å². The first-order valence-corrected chi connectivity index (χ1v) is 13.8. The lowest BCUT2D eigenvalue weighted by Gasteiger charge is -2.30. The molecule has 1 atom stereocenters. The topological polar surface area (TPSA) is 90.2 Å². The normalized spacial score (nSPS) is 13.3. The number of imidazole rings is 1. The van der Waals surface area contributed by atoms with E-state index in [4.69, 9.17) is 23.2 Å². The van der Waals surface area contributed by atoms with E-state index in [1.807, 2.05) is 0 Å². The quantitative estimate of drug-likeness (QED) is 0.129. The lowest BCUT2D eigenvalue weighted by atomic mass is 10.0. The van der Waals surface area contributed by atoms with E-state index < -0.39 is 39.9 Å². The molecule has 6 nitrogen and oxygen atoms in total. The highest BCUT2D eigenvalue weighted by atomic mass is 35.5. The van der Waals surface area contributed by atoms with Gasteiger partial charge in [0.1, 0.15) is 11.5 Å². The van der Waals surface area contributed by atoms with Gasteiger partial charge in [0, 0.05) is 33.6 Å². The number of halogens is 6. The Morgan fingerprint density at radius 1 is 1.05 bits per heavy atom. The molecule has 4 rings (SSSR count). The fraction of sp³-hybridized carbons (Fsp3) is 0.179. The number of benzene rings is 3. The number of nitrogens with two attached hydrogens (primary N) is 2. The van der Waals surface area contributed by atoms with E-state index in [0.29, 0.717) is 33.0 Å². The lowest BCUT2D eigenvalue weighted by Crippen LogP contribution is -2.39. The third-order valence-corrected chi connectivity index (χ3v) is 7.86. The molecule has 0 aliphatic rings. The van der Waals surface area contributed by atoms with Gasteiger partial charge in [0.05, 0.1) is 22.2 Å². The molecule has 13 heteroatoms. The molecule has 1 aromatic heterocycles. The molecule has 0 fully saturated rings. The zero-order valence-electron chi connectivity index (χ0n) is 21.8. The van der Waals surface area contributed by atoms with E-state index >= 15 is 8.78 Å². The van der Waals surface area contributed by atoms with Crippen LogP contribution in [0.2, 0.25) is 5.02 Å². The third kappa shape index (κ3) is 6.14. The van der Waals surface area contributed by atoms with Crippen molar-refractivity contribution in [3.63, 3.8) is 0 Å². The zero-order valence-corrected chi connectivity index (χ0v) is 23.4. The van der Waals surface area contributed by atoms with Crippen molar-refractivity contribution in [2.75, 3.05) is 10.8 Å². The molecule has 1 unspecified atom stereocenters. The monoisotopic (exact) mass is 609 g/mol. The van der Waals surface area contributed by atoms with Crippen molar-refractivity contribution in [2.45, 2.75) is 30.8 Å². The number of rotatable bonds is 8. The Morgan fingerprint density at radius 2 is 1.71 bits per heavy atom. The van der Waals surface area contributed by atoms with Crippen molar-refractivity contribution in [3.05, 3.63) is 107 Å². The summed E-state index contributed by atoms with van der Waals surface area (Å²) in [5, 5.41) is 0.874. The van der Waals surface area contributed by atoms with E-state index in [0.717, 1.165) is 22.9 Å². The molecule has 216 valence electrons. The highest BCUT2D eigenvalue weighted by molar-refractivity contribution is 7.85. The van der Waals surface area contributed by atoms with Gasteiger partial charge in [0.25, 0.3) is 0 Å². The molecule has 4 N–H and O–H groups in total. The molecule has 3 aromatic carbocycles. The van der Waals surface area contributed by atoms with Gasteiger partial charge < -0.3 is 10.3 Å². The van der Waals surface area contributed by atoms with Gasteiger partial charge in [0.2, 0.25) is 0 Å². The number of hydrazine groups is 1. The molecule has 0 aliphatic heterocycles. The average Bonchev–Trinajstić information content (AvgIpc) is 3.34. The Kier molecular flexibility index (Phi) is 8.57. The van der Waals surface area contributed by atoms with Gasteiger partial charge in [-0.05, 0) is 54.4 Å². The molecular weight excluding hydrogens is 585 g/mol. The molecule has 0 radical (unpaired) electrons. The molecular formula is C28H25ClF5N5OS. The van der Waals surface area contributed by atoms with Crippen molar-refractivity contribution in [1.82, 2.24) is 9.55 Å². The third-order valence-electron chi connectivity index (χ3n) is 6.31. The van der Waals surface area contributed by atoms with E-state index in [1.54, 1.807) is 37.3 Å². The molecule has 0 saturated carbocycles. The number of allylic oxidation sites excluding steroid dienone is 1. The number of hydrogen-bond acceptors (Lipinski definition) is 5. The van der Waals surface area contributed by atoms with Gasteiger partial charge in [-0.3, -0.25) is 9.22 Å². The number of alkyl halides is 5. The zero-order chi connectivity index (χ0) is 30.1. The van der Waals surface area contributed by atoms with Gasteiger partial charge in [-0.1, -0.05) is 48.9 Å². The summed E-state index contributed by atoms with van der Waals surface area (Å²) >= 11 is 5.86. The minimum Gasteiger partial charge on any atom is -0.403 e. The van der Waals surface area contributed by atoms with Crippen LogP contribution in [0, 0.1) is 6.92 Å². The molecule has 41 heavy (non-hydrogen) atoms. The Hall–Kier alpha value is -3.74. The summed E-state index contributed by atoms with van der Waals surface area (Å²) in [4.78, 5) is 4.15. The molecule has 0 aliphatic carbocycles. The van der Waals surface area contributed by atoms with E-state index in [9.17, 15) is 17.4 Å². The van der Waals surface area contributed by atoms with Crippen molar-refractivity contribution in [1.29, 1.82) is 0 Å².